The second-order valence-electron chi connectivity index (χ2n) is 6.89. The average molecular weight is 397 g/mol. The van der Waals surface area contributed by atoms with Gasteiger partial charge in [-0.3, -0.25) is 14.7 Å². The third-order valence-corrected chi connectivity index (χ3v) is 5.07. The second kappa shape index (κ2) is 10.0. The molecule has 1 atom stereocenters. The van der Waals surface area contributed by atoms with Gasteiger partial charge >= 0.3 is 5.97 Å². The number of nitrogens with zero attached hydrogens (tertiary/aromatic N) is 3. The van der Waals surface area contributed by atoms with Crippen LogP contribution in [0, 0.1) is 0 Å². The van der Waals surface area contributed by atoms with Gasteiger partial charge in [0.1, 0.15) is 5.75 Å². The fourth-order valence-electron chi connectivity index (χ4n) is 3.39. The van der Waals surface area contributed by atoms with Crippen LogP contribution >= 0.6 is 0 Å². The number of Topliss-reactive ketones (excluding diaryl/α,β-unsaturated/α-hetero) is 1. The van der Waals surface area contributed by atoms with E-state index in [0.717, 1.165) is 31.9 Å². The zero-order valence-electron chi connectivity index (χ0n) is 16.9. The summed E-state index contributed by atoms with van der Waals surface area (Å²) in [4.78, 5) is 32.8. The maximum Gasteiger partial charge on any atom is 0.344 e. The van der Waals surface area contributed by atoms with E-state index in [1.165, 1.54) is 0 Å². The number of rotatable bonds is 8. The molecule has 0 N–H and O–H groups in total. The molecule has 29 heavy (non-hydrogen) atoms. The van der Waals surface area contributed by atoms with Crippen molar-refractivity contribution in [2.75, 3.05) is 44.3 Å². The summed E-state index contributed by atoms with van der Waals surface area (Å²) in [6, 6.07) is 10.7. The Bertz CT molecular complexity index is 803. The van der Waals surface area contributed by atoms with E-state index < -0.39 is 5.97 Å². The van der Waals surface area contributed by atoms with Gasteiger partial charge in [-0.2, -0.15) is 0 Å². The van der Waals surface area contributed by atoms with Gasteiger partial charge in [-0.05, 0) is 50.2 Å². The Morgan fingerprint density at radius 3 is 2.31 bits per heavy atom. The van der Waals surface area contributed by atoms with Crippen molar-refractivity contribution in [1.29, 1.82) is 0 Å². The second-order valence-corrected chi connectivity index (χ2v) is 6.89. The molecule has 0 amide bonds. The summed E-state index contributed by atoms with van der Waals surface area (Å²) in [6.45, 7) is 7.30. The van der Waals surface area contributed by atoms with Crippen molar-refractivity contribution >= 4 is 17.4 Å². The minimum Gasteiger partial charge on any atom is -0.482 e. The van der Waals surface area contributed by atoms with Gasteiger partial charge in [-0.15, -0.1) is 0 Å². The van der Waals surface area contributed by atoms with Crippen molar-refractivity contribution in [3.63, 3.8) is 0 Å². The van der Waals surface area contributed by atoms with E-state index in [-0.39, 0.29) is 18.4 Å². The zero-order valence-corrected chi connectivity index (χ0v) is 16.9. The highest BCUT2D eigenvalue weighted by molar-refractivity contribution is 6.00. The van der Waals surface area contributed by atoms with Crippen LogP contribution < -0.4 is 9.64 Å². The lowest BCUT2D eigenvalue weighted by Crippen LogP contribution is -2.51. The number of aromatic nitrogens is 1. The number of ether oxygens (including phenoxy) is 2. The van der Waals surface area contributed by atoms with Crippen LogP contribution in [-0.4, -0.2) is 67.1 Å². The fourth-order valence-corrected chi connectivity index (χ4v) is 3.39. The van der Waals surface area contributed by atoms with E-state index in [9.17, 15) is 9.59 Å². The number of carbonyl (C=O) groups is 2. The SMILES string of the molecule is CCOC(=O)COc1ccc(C(=O)C(C)N2CCN(c3ccncc3)CC2)cc1. The molecule has 154 valence electrons. The van der Waals surface area contributed by atoms with Gasteiger partial charge in [0.05, 0.1) is 12.6 Å². The van der Waals surface area contributed by atoms with Crippen molar-refractivity contribution in [3.05, 3.63) is 54.4 Å². The van der Waals surface area contributed by atoms with Crippen LogP contribution in [0.1, 0.15) is 24.2 Å². The van der Waals surface area contributed by atoms with Crippen LogP contribution in [0.4, 0.5) is 5.69 Å². The fraction of sp³-hybridized carbons (Fsp3) is 0.409. The number of pyridine rings is 1. The number of anilines is 1. The van der Waals surface area contributed by atoms with E-state index in [0.29, 0.717) is 17.9 Å². The summed E-state index contributed by atoms with van der Waals surface area (Å²) in [6.07, 6.45) is 3.60. The van der Waals surface area contributed by atoms with E-state index in [2.05, 4.69) is 14.8 Å². The van der Waals surface area contributed by atoms with Gasteiger partial charge in [0.2, 0.25) is 0 Å². The number of benzene rings is 1. The van der Waals surface area contributed by atoms with Gasteiger partial charge in [0.25, 0.3) is 0 Å². The molecular formula is C22H27N3O4. The number of piperazine rings is 1. The van der Waals surface area contributed by atoms with Crippen LogP contribution in [0.3, 0.4) is 0 Å². The summed E-state index contributed by atoms with van der Waals surface area (Å²) < 4.78 is 10.2. The molecule has 1 aliphatic heterocycles. The number of hydrogen-bond acceptors (Lipinski definition) is 7. The molecule has 0 bridgehead atoms. The van der Waals surface area contributed by atoms with Crippen molar-refractivity contribution in [3.8, 4) is 5.75 Å². The lowest BCUT2D eigenvalue weighted by atomic mass is 10.0. The molecule has 1 aromatic heterocycles. The first kappa shape index (κ1) is 20.8. The first-order valence-electron chi connectivity index (χ1n) is 9.90. The first-order valence-corrected chi connectivity index (χ1v) is 9.90. The quantitative estimate of drug-likeness (QED) is 0.500. The Morgan fingerprint density at radius 2 is 1.69 bits per heavy atom. The average Bonchev–Trinajstić information content (AvgIpc) is 2.78. The maximum atomic E-state index is 12.9. The highest BCUT2D eigenvalue weighted by atomic mass is 16.6. The van der Waals surface area contributed by atoms with Crippen molar-refractivity contribution < 1.29 is 19.1 Å². The Hall–Kier alpha value is -2.93. The highest BCUT2D eigenvalue weighted by Gasteiger charge is 2.26. The third-order valence-electron chi connectivity index (χ3n) is 5.07. The minimum absolute atomic E-state index is 0.0827. The van der Waals surface area contributed by atoms with Gasteiger partial charge in [-0.1, -0.05) is 0 Å². The lowest BCUT2D eigenvalue weighted by Gasteiger charge is -2.38. The van der Waals surface area contributed by atoms with Gasteiger partial charge in [-0.25, -0.2) is 4.79 Å². The Balaban J connectivity index is 1.51. The van der Waals surface area contributed by atoms with Crippen LogP contribution in [0.25, 0.3) is 0 Å². The molecule has 1 aliphatic rings. The van der Waals surface area contributed by atoms with E-state index in [4.69, 9.17) is 9.47 Å². The molecule has 2 aromatic rings. The standard InChI is InChI=1S/C22H27N3O4/c1-3-28-21(26)16-29-20-6-4-18(5-7-20)22(27)17(2)24-12-14-25(15-13-24)19-8-10-23-11-9-19/h4-11,17H,3,12-16H2,1-2H3. The number of ketones is 1. The van der Waals surface area contributed by atoms with E-state index in [1.807, 2.05) is 19.1 Å². The molecule has 0 aliphatic carbocycles. The topological polar surface area (TPSA) is 72.0 Å². The largest absolute Gasteiger partial charge is 0.482 e. The Labute approximate surface area is 171 Å². The first-order chi connectivity index (χ1) is 14.1. The summed E-state index contributed by atoms with van der Waals surface area (Å²) in [5.41, 5.74) is 1.80. The molecule has 1 unspecified atom stereocenters. The molecule has 1 saturated heterocycles. The molecular weight excluding hydrogens is 370 g/mol. The molecule has 0 spiro atoms. The Kier molecular flexibility index (Phi) is 7.19. The maximum absolute atomic E-state index is 12.9. The van der Waals surface area contributed by atoms with Gasteiger partial charge in [0.15, 0.2) is 12.4 Å². The predicted molar refractivity (Wildman–Crippen MR) is 110 cm³/mol. The Morgan fingerprint density at radius 1 is 1.03 bits per heavy atom. The van der Waals surface area contributed by atoms with Gasteiger partial charge < -0.3 is 14.4 Å². The van der Waals surface area contributed by atoms with Crippen LogP contribution in [0.2, 0.25) is 0 Å². The van der Waals surface area contributed by atoms with Crippen molar-refractivity contribution in [1.82, 2.24) is 9.88 Å². The summed E-state index contributed by atoms with van der Waals surface area (Å²) in [5.74, 6) is 0.208. The lowest BCUT2D eigenvalue weighted by molar-refractivity contribution is -0.145. The summed E-state index contributed by atoms with van der Waals surface area (Å²) in [7, 11) is 0. The van der Waals surface area contributed by atoms with E-state index in [1.54, 1.807) is 43.6 Å². The molecule has 0 saturated carbocycles. The van der Waals surface area contributed by atoms with Crippen LogP contribution in [0.5, 0.6) is 5.75 Å². The molecule has 7 heteroatoms. The molecule has 2 heterocycles. The van der Waals surface area contributed by atoms with E-state index >= 15 is 0 Å². The molecule has 3 rings (SSSR count). The predicted octanol–water partition coefficient (Wildman–Crippen LogP) is 2.42. The highest BCUT2D eigenvalue weighted by Crippen LogP contribution is 2.19. The third kappa shape index (κ3) is 5.54. The van der Waals surface area contributed by atoms with Gasteiger partial charge in [0, 0.05) is 49.8 Å². The molecule has 0 radical (unpaired) electrons. The smallest absolute Gasteiger partial charge is 0.344 e. The zero-order chi connectivity index (χ0) is 20.6. The molecule has 1 aromatic carbocycles. The van der Waals surface area contributed by atoms with Crippen LogP contribution in [0.15, 0.2) is 48.8 Å². The van der Waals surface area contributed by atoms with Crippen LogP contribution in [-0.2, 0) is 9.53 Å². The molecule has 7 nitrogen and oxygen atoms in total. The number of hydrogen-bond donors (Lipinski definition) is 0. The van der Waals surface area contributed by atoms with Crippen molar-refractivity contribution in [2.24, 2.45) is 0 Å². The summed E-state index contributed by atoms with van der Waals surface area (Å²) in [5, 5.41) is 0. The monoisotopic (exact) mass is 397 g/mol. The normalized spacial score (nSPS) is 15.6. The minimum atomic E-state index is -0.410. The number of esters is 1. The molecule has 1 fully saturated rings. The van der Waals surface area contributed by atoms with Crippen molar-refractivity contribution in [2.45, 2.75) is 19.9 Å². The summed E-state index contributed by atoms with van der Waals surface area (Å²) >= 11 is 0. The number of carbonyl (C=O) groups excluding carboxylic acids is 2.